The van der Waals surface area contributed by atoms with Crippen LogP contribution in [-0.4, -0.2) is 36.9 Å². The van der Waals surface area contributed by atoms with Gasteiger partial charge >= 0.3 is 0 Å². The second-order valence-electron chi connectivity index (χ2n) is 7.82. The molecular formula is C23H45N3. The first-order chi connectivity index (χ1) is 12.9. The number of nitrogens with zero attached hydrogens (tertiary/aromatic N) is 2. The van der Waals surface area contributed by atoms with E-state index in [0.717, 1.165) is 19.6 Å². The molecule has 1 atom stereocenters. The van der Waals surface area contributed by atoms with Crippen molar-refractivity contribution in [2.45, 2.75) is 109 Å². The first kappa shape index (κ1) is 23.4. The van der Waals surface area contributed by atoms with Crippen molar-refractivity contribution in [3.8, 4) is 0 Å². The zero-order valence-electron chi connectivity index (χ0n) is 17.5. The number of hydrogen-bond acceptors (Lipinski definition) is 3. The van der Waals surface area contributed by atoms with Crippen LogP contribution in [0.1, 0.15) is 103 Å². The van der Waals surface area contributed by atoms with E-state index in [4.69, 9.17) is 5.73 Å². The molecule has 0 radical (unpaired) electrons. The lowest BCUT2D eigenvalue weighted by Crippen LogP contribution is -2.34. The minimum atomic E-state index is 0.417. The Hall–Kier alpha value is -0.670. The van der Waals surface area contributed by atoms with Gasteiger partial charge in [0.1, 0.15) is 6.17 Å². The predicted molar refractivity (Wildman–Crippen MR) is 117 cm³/mol. The maximum Gasteiger partial charge on any atom is 0.102 e. The maximum absolute atomic E-state index is 5.66. The van der Waals surface area contributed by atoms with Crippen LogP contribution < -0.4 is 5.73 Å². The van der Waals surface area contributed by atoms with Crippen molar-refractivity contribution in [2.75, 3.05) is 19.6 Å². The smallest absolute Gasteiger partial charge is 0.102 e. The lowest BCUT2D eigenvalue weighted by Gasteiger charge is -2.21. The van der Waals surface area contributed by atoms with E-state index in [1.807, 2.05) is 0 Å². The lowest BCUT2D eigenvalue weighted by atomic mass is 10.0. The number of allylic oxidation sites excluding steroid dienone is 2. The Morgan fingerprint density at radius 3 is 2.08 bits per heavy atom. The molecule has 0 amide bonds. The summed E-state index contributed by atoms with van der Waals surface area (Å²) in [6.45, 7) is 4.97. The van der Waals surface area contributed by atoms with Crippen LogP contribution in [0.2, 0.25) is 0 Å². The Balaban J connectivity index is 1.76. The molecule has 1 aliphatic heterocycles. The first-order valence-corrected chi connectivity index (χ1v) is 11.5. The van der Waals surface area contributed by atoms with Crippen molar-refractivity contribution in [1.82, 2.24) is 4.90 Å². The Bertz CT molecular complexity index is 351. The minimum Gasteiger partial charge on any atom is -0.329 e. The molecule has 0 saturated carbocycles. The molecule has 0 aliphatic carbocycles. The van der Waals surface area contributed by atoms with E-state index in [-0.39, 0.29) is 0 Å². The third-order valence-electron chi connectivity index (χ3n) is 5.39. The molecule has 0 aromatic heterocycles. The van der Waals surface area contributed by atoms with Crippen molar-refractivity contribution in [1.29, 1.82) is 0 Å². The summed E-state index contributed by atoms with van der Waals surface area (Å²) in [5, 5.41) is 0. The minimum absolute atomic E-state index is 0.417. The van der Waals surface area contributed by atoms with E-state index in [9.17, 15) is 0 Å². The molecule has 152 valence electrons. The summed E-state index contributed by atoms with van der Waals surface area (Å²) in [6, 6.07) is 0. The second kappa shape index (κ2) is 17.7. The monoisotopic (exact) mass is 363 g/mol. The average molecular weight is 364 g/mol. The largest absolute Gasteiger partial charge is 0.329 e. The van der Waals surface area contributed by atoms with Crippen LogP contribution >= 0.6 is 0 Å². The molecule has 0 aromatic rings. The van der Waals surface area contributed by atoms with Crippen molar-refractivity contribution >= 4 is 6.21 Å². The van der Waals surface area contributed by atoms with Crippen LogP contribution in [0.4, 0.5) is 0 Å². The summed E-state index contributed by atoms with van der Waals surface area (Å²) in [6.07, 6.45) is 27.7. The predicted octanol–water partition coefficient (Wildman–Crippen LogP) is 6.09. The van der Waals surface area contributed by atoms with Gasteiger partial charge in [0, 0.05) is 25.8 Å². The molecule has 3 nitrogen and oxygen atoms in total. The quantitative estimate of drug-likeness (QED) is 0.237. The van der Waals surface area contributed by atoms with Gasteiger partial charge in [-0.05, 0) is 32.1 Å². The topological polar surface area (TPSA) is 41.6 Å². The third-order valence-corrected chi connectivity index (χ3v) is 5.39. The van der Waals surface area contributed by atoms with E-state index in [0.29, 0.717) is 6.17 Å². The fourth-order valence-electron chi connectivity index (χ4n) is 3.74. The van der Waals surface area contributed by atoms with E-state index < -0.39 is 0 Å². The van der Waals surface area contributed by atoms with Crippen molar-refractivity contribution < 1.29 is 0 Å². The molecular weight excluding hydrogens is 318 g/mol. The highest BCUT2D eigenvalue weighted by Crippen LogP contribution is 2.16. The number of unbranched alkanes of at least 4 members (excludes halogenated alkanes) is 12. The molecule has 0 saturated heterocycles. The van der Waals surface area contributed by atoms with Gasteiger partial charge in [0.05, 0.1) is 0 Å². The van der Waals surface area contributed by atoms with Crippen LogP contribution in [0, 0.1) is 0 Å². The molecule has 1 heterocycles. The Morgan fingerprint density at radius 1 is 0.885 bits per heavy atom. The highest BCUT2D eigenvalue weighted by molar-refractivity contribution is 5.62. The van der Waals surface area contributed by atoms with Gasteiger partial charge in [-0.2, -0.15) is 0 Å². The summed E-state index contributed by atoms with van der Waals surface area (Å²) in [7, 11) is 0. The normalized spacial score (nSPS) is 17.7. The molecule has 26 heavy (non-hydrogen) atoms. The van der Waals surface area contributed by atoms with E-state index in [2.05, 4.69) is 35.2 Å². The number of hydrogen-bond donors (Lipinski definition) is 1. The van der Waals surface area contributed by atoms with Gasteiger partial charge in [-0.3, -0.25) is 9.89 Å². The van der Waals surface area contributed by atoms with Crippen LogP contribution in [0.15, 0.2) is 17.1 Å². The standard InChI is InChI=1S/C23H45N3/c1-2-3-4-5-6-7-8-9-10-11-12-13-14-15-16-17-18-23-25-20-22-26(23)21-19-24/h4-5,20,23H,2-3,6-19,21-22,24H2,1H3/b5-4+. The third kappa shape index (κ3) is 12.6. The molecule has 3 heteroatoms. The van der Waals surface area contributed by atoms with Gasteiger partial charge in [-0.15, -0.1) is 0 Å². The summed E-state index contributed by atoms with van der Waals surface area (Å²) in [5.41, 5.74) is 5.66. The highest BCUT2D eigenvalue weighted by atomic mass is 15.3. The number of aliphatic imine (C=N–C) groups is 1. The molecule has 1 rings (SSSR count). The van der Waals surface area contributed by atoms with Crippen LogP contribution in [0.25, 0.3) is 0 Å². The molecule has 0 fully saturated rings. The fourth-order valence-corrected chi connectivity index (χ4v) is 3.74. The SMILES string of the molecule is CCC/C=C/CCCCCCCCCCCCCC1N=CCN1CCN. The highest BCUT2D eigenvalue weighted by Gasteiger charge is 2.19. The maximum atomic E-state index is 5.66. The van der Waals surface area contributed by atoms with E-state index >= 15 is 0 Å². The van der Waals surface area contributed by atoms with E-state index in [1.165, 1.54) is 96.3 Å². The van der Waals surface area contributed by atoms with Crippen LogP contribution in [0.5, 0.6) is 0 Å². The van der Waals surface area contributed by atoms with Gasteiger partial charge in [-0.25, -0.2) is 0 Å². The Labute approximate surface area is 163 Å². The Morgan fingerprint density at radius 2 is 1.46 bits per heavy atom. The van der Waals surface area contributed by atoms with Crippen molar-refractivity contribution in [3.63, 3.8) is 0 Å². The summed E-state index contributed by atoms with van der Waals surface area (Å²) in [5.74, 6) is 0. The zero-order valence-corrected chi connectivity index (χ0v) is 17.5. The molecule has 2 N–H and O–H groups in total. The fraction of sp³-hybridized carbons (Fsp3) is 0.870. The van der Waals surface area contributed by atoms with Crippen molar-refractivity contribution in [3.05, 3.63) is 12.2 Å². The van der Waals surface area contributed by atoms with Gasteiger partial charge in [0.2, 0.25) is 0 Å². The lowest BCUT2D eigenvalue weighted by molar-refractivity contribution is 0.241. The molecule has 1 unspecified atom stereocenters. The molecule has 0 spiro atoms. The van der Waals surface area contributed by atoms with Crippen LogP contribution in [0.3, 0.4) is 0 Å². The van der Waals surface area contributed by atoms with E-state index in [1.54, 1.807) is 0 Å². The van der Waals surface area contributed by atoms with Gasteiger partial charge in [0.25, 0.3) is 0 Å². The zero-order chi connectivity index (χ0) is 18.7. The number of nitrogens with two attached hydrogens (primary N) is 1. The molecule has 1 aliphatic rings. The van der Waals surface area contributed by atoms with Crippen molar-refractivity contribution in [2.24, 2.45) is 10.7 Å². The average Bonchev–Trinajstić information content (AvgIpc) is 3.09. The number of rotatable bonds is 18. The summed E-state index contributed by atoms with van der Waals surface area (Å²) in [4.78, 5) is 6.99. The first-order valence-electron chi connectivity index (χ1n) is 11.5. The molecule has 0 bridgehead atoms. The van der Waals surface area contributed by atoms with Gasteiger partial charge in [0.15, 0.2) is 0 Å². The second-order valence-corrected chi connectivity index (χ2v) is 7.82. The summed E-state index contributed by atoms with van der Waals surface area (Å²) < 4.78 is 0. The van der Waals surface area contributed by atoms with Crippen LogP contribution in [-0.2, 0) is 0 Å². The van der Waals surface area contributed by atoms with Gasteiger partial charge in [-0.1, -0.05) is 83.3 Å². The molecule has 0 aromatic carbocycles. The Kier molecular flexibility index (Phi) is 15.9. The summed E-state index contributed by atoms with van der Waals surface area (Å²) >= 11 is 0. The van der Waals surface area contributed by atoms with Gasteiger partial charge < -0.3 is 5.73 Å².